The van der Waals surface area contributed by atoms with Crippen LogP contribution in [0.4, 0.5) is 0 Å². The van der Waals surface area contributed by atoms with E-state index in [1.807, 2.05) is 26.0 Å². The van der Waals surface area contributed by atoms with Gasteiger partial charge in [0.2, 0.25) is 10.0 Å². The standard InChI is InChI=1S/C17H18N2O2S/c1-13-4-8-15(9-5-13)17(3,12-18)19-22(20,21)16-10-6-14(2)7-11-16/h4-11,19H,1-3H3/t17-/m1/s1. The number of nitrogens with zero attached hydrogens (tertiary/aromatic N) is 1. The molecule has 2 aromatic carbocycles. The summed E-state index contributed by atoms with van der Waals surface area (Å²) in [5.74, 6) is 0. The summed E-state index contributed by atoms with van der Waals surface area (Å²) in [6.07, 6.45) is 0. The second-order valence-corrected chi connectivity index (χ2v) is 7.20. The highest BCUT2D eigenvalue weighted by molar-refractivity contribution is 7.89. The number of benzene rings is 2. The first kappa shape index (κ1) is 16.2. The summed E-state index contributed by atoms with van der Waals surface area (Å²) in [4.78, 5) is 0.145. The fourth-order valence-electron chi connectivity index (χ4n) is 2.08. The van der Waals surface area contributed by atoms with Crippen LogP contribution in [0.2, 0.25) is 0 Å². The zero-order valence-electron chi connectivity index (χ0n) is 12.8. The molecule has 0 fully saturated rings. The van der Waals surface area contributed by atoms with Crippen LogP contribution in [-0.2, 0) is 15.6 Å². The van der Waals surface area contributed by atoms with E-state index < -0.39 is 15.6 Å². The predicted molar refractivity (Wildman–Crippen MR) is 85.6 cm³/mol. The summed E-state index contributed by atoms with van der Waals surface area (Å²) in [5.41, 5.74) is 1.31. The van der Waals surface area contributed by atoms with Gasteiger partial charge in [-0.25, -0.2) is 8.42 Å². The molecular formula is C17H18N2O2S. The van der Waals surface area contributed by atoms with Crippen molar-refractivity contribution >= 4 is 10.0 Å². The summed E-state index contributed by atoms with van der Waals surface area (Å²) < 4.78 is 27.5. The molecule has 2 aromatic rings. The van der Waals surface area contributed by atoms with E-state index >= 15 is 0 Å². The molecule has 0 bridgehead atoms. The van der Waals surface area contributed by atoms with Crippen molar-refractivity contribution in [2.24, 2.45) is 0 Å². The Morgan fingerprint density at radius 2 is 1.41 bits per heavy atom. The molecule has 5 heteroatoms. The lowest BCUT2D eigenvalue weighted by molar-refractivity contribution is 0.524. The van der Waals surface area contributed by atoms with Crippen molar-refractivity contribution in [2.75, 3.05) is 0 Å². The molecule has 2 rings (SSSR count). The van der Waals surface area contributed by atoms with Gasteiger partial charge in [-0.05, 0) is 38.5 Å². The Bertz CT molecular complexity index is 803. The molecule has 0 aromatic heterocycles. The highest BCUT2D eigenvalue weighted by atomic mass is 32.2. The Morgan fingerprint density at radius 3 is 1.86 bits per heavy atom. The summed E-state index contributed by atoms with van der Waals surface area (Å²) in [6.45, 7) is 5.38. The smallest absolute Gasteiger partial charge is 0.207 e. The lowest BCUT2D eigenvalue weighted by Crippen LogP contribution is -2.42. The Kier molecular flexibility index (Phi) is 4.36. The van der Waals surface area contributed by atoms with Gasteiger partial charge in [0.05, 0.1) is 11.0 Å². The summed E-state index contributed by atoms with van der Waals surface area (Å²) in [7, 11) is -3.78. The largest absolute Gasteiger partial charge is 0.242 e. The van der Waals surface area contributed by atoms with Crippen LogP contribution < -0.4 is 4.72 Å². The molecular weight excluding hydrogens is 296 g/mol. The van der Waals surface area contributed by atoms with Crippen molar-refractivity contribution in [1.82, 2.24) is 4.72 Å². The van der Waals surface area contributed by atoms with Gasteiger partial charge in [-0.15, -0.1) is 0 Å². The zero-order valence-corrected chi connectivity index (χ0v) is 13.6. The quantitative estimate of drug-likeness (QED) is 0.943. The van der Waals surface area contributed by atoms with Crippen molar-refractivity contribution in [3.8, 4) is 6.07 Å². The van der Waals surface area contributed by atoms with Crippen LogP contribution in [0, 0.1) is 25.2 Å². The molecule has 22 heavy (non-hydrogen) atoms. The minimum absolute atomic E-state index is 0.145. The molecule has 0 heterocycles. The topological polar surface area (TPSA) is 70.0 Å². The molecule has 0 aliphatic heterocycles. The molecule has 0 saturated carbocycles. The van der Waals surface area contributed by atoms with Gasteiger partial charge in [0.25, 0.3) is 0 Å². The van der Waals surface area contributed by atoms with Crippen molar-refractivity contribution in [3.63, 3.8) is 0 Å². The average molecular weight is 314 g/mol. The van der Waals surface area contributed by atoms with E-state index in [1.54, 1.807) is 31.2 Å². The molecule has 0 aliphatic carbocycles. The monoisotopic (exact) mass is 314 g/mol. The Morgan fingerprint density at radius 1 is 0.955 bits per heavy atom. The van der Waals surface area contributed by atoms with E-state index in [2.05, 4.69) is 10.8 Å². The lowest BCUT2D eigenvalue weighted by Gasteiger charge is -2.23. The van der Waals surface area contributed by atoms with Gasteiger partial charge in [0.15, 0.2) is 0 Å². The number of sulfonamides is 1. The molecule has 1 N–H and O–H groups in total. The normalized spacial score (nSPS) is 14.1. The fourth-order valence-corrected chi connectivity index (χ4v) is 3.39. The Labute approximate surface area is 131 Å². The molecule has 0 unspecified atom stereocenters. The Balaban J connectivity index is 2.39. The molecule has 0 saturated heterocycles. The van der Waals surface area contributed by atoms with E-state index in [9.17, 15) is 13.7 Å². The van der Waals surface area contributed by atoms with Crippen LogP contribution in [0.25, 0.3) is 0 Å². The van der Waals surface area contributed by atoms with Crippen LogP contribution in [0.1, 0.15) is 23.6 Å². The summed E-state index contributed by atoms with van der Waals surface area (Å²) in [5, 5.41) is 9.49. The third-order valence-electron chi connectivity index (χ3n) is 3.52. The van der Waals surface area contributed by atoms with E-state index in [4.69, 9.17) is 0 Å². The third-order valence-corrected chi connectivity index (χ3v) is 5.09. The Hall–Kier alpha value is -2.16. The van der Waals surface area contributed by atoms with Gasteiger partial charge < -0.3 is 0 Å². The SMILES string of the molecule is Cc1ccc([C@@](C)(C#N)NS(=O)(=O)c2ccc(C)cc2)cc1. The predicted octanol–water partition coefficient (Wildman–Crippen LogP) is 3.02. The minimum atomic E-state index is -3.78. The van der Waals surface area contributed by atoms with Gasteiger partial charge >= 0.3 is 0 Å². The maximum Gasteiger partial charge on any atom is 0.242 e. The summed E-state index contributed by atoms with van der Waals surface area (Å²) in [6, 6.07) is 15.8. The van der Waals surface area contributed by atoms with Crippen LogP contribution in [0.5, 0.6) is 0 Å². The van der Waals surface area contributed by atoms with Crippen molar-refractivity contribution in [2.45, 2.75) is 31.2 Å². The minimum Gasteiger partial charge on any atom is -0.207 e. The van der Waals surface area contributed by atoms with Gasteiger partial charge in [0, 0.05) is 0 Å². The van der Waals surface area contributed by atoms with Gasteiger partial charge in [-0.3, -0.25) is 0 Å². The van der Waals surface area contributed by atoms with Crippen molar-refractivity contribution in [1.29, 1.82) is 5.26 Å². The lowest BCUT2D eigenvalue weighted by atomic mass is 9.94. The van der Waals surface area contributed by atoms with E-state index in [0.717, 1.165) is 11.1 Å². The van der Waals surface area contributed by atoms with Crippen molar-refractivity contribution in [3.05, 3.63) is 65.2 Å². The van der Waals surface area contributed by atoms with Gasteiger partial charge in [-0.2, -0.15) is 9.98 Å². The number of rotatable bonds is 4. The number of hydrogen-bond acceptors (Lipinski definition) is 3. The summed E-state index contributed by atoms with van der Waals surface area (Å²) >= 11 is 0. The fraction of sp³-hybridized carbons (Fsp3) is 0.235. The van der Waals surface area contributed by atoms with Crippen LogP contribution in [0.15, 0.2) is 53.4 Å². The second kappa shape index (κ2) is 5.91. The molecule has 4 nitrogen and oxygen atoms in total. The maximum absolute atomic E-state index is 12.5. The maximum atomic E-state index is 12.5. The number of nitriles is 1. The molecule has 0 aliphatic rings. The molecule has 1 atom stereocenters. The van der Waals surface area contributed by atoms with E-state index in [0.29, 0.717) is 5.56 Å². The second-order valence-electron chi connectivity index (χ2n) is 5.52. The first-order valence-electron chi connectivity index (χ1n) is 6.86. The van der Waals surface area contributed by atoms with Gasteiger partial charge in [-0.1, -0.05) is 47.5 Å². The molecule has 0 spiro atoms. The zero-order chi connectivity index (χ0) is 16.4. The van der Waals surface area contributed by atoms with E-state index in [-0.39, 0.29) is 4.90 Å². The van der Waals surface area contributed by atoms with E-state index in [1.165, 1.54) is 12.1 Å². The van der Waals surface area contributed by atoms with Crippen LogP contribution in [0.3, 0.4) is 0 Å². The van der Waals surface area contributed by atoms with Crippen molar-refractivity contribution < 1.29 is 8.42 Å². The van der Waals surface area contributed by atoms with Crippen LogP contribution >= 0.6 is 0 Å². The first-order valence-corrected chi connectivity index (χ1v) is 8.34. The highest BCUT2D eigenvalue weighted by Gasteiger charge is 2.32. The molecule has 0 amide bonds. The highest BCUT2D eigenvalue weighted by Crippen LogP contribution is 2.23. The third kappa shape index (κ3) is 3.35. The van der Waals surface area contributed by atoms with Crippen LogP contribution in [-0.4, -0.2) is 8.42 Å². The molecule has 0 radical (unpaired) electrons. The number of nitrogens with one attached hydrogen (secondary N) is 1. The molecule has 114 valence electrons. The average Bonchev–Trinajstić information content (AvgIpc) is 2.47. The first-order chi connectivity index (χ1) is 10.3. The number of hydrogen-bond donors (Lipinski definition) is 1. The number of aryl methyl sites for hydroxylation is 2. The van der Waals surface area contributed by atoms with Gasteiger partial charge in [0.1, 0.15) is 5.54 Å².